The lowest BCUT2D eigenvalue weighted by atomic mass is 9.84. The van der Waals surface area contributed by atoms with Crippen molar-refractivity contribution in [2.75, 3.05) is 0 Å². The van der Waals surface area contributed by atoms with Crippen LogP contribution in [-0.2, 0) is 39.5 Å². The summed E-state index contributed by atoms with van der Waals surface area (Å²) in [6.07, 6.45) is 13.9. The molecule has 63 heavy (non-hydrogen) atoms. The molecule has 0 aromatic heterocycles. The molecular weight excluding hydrogens is 849 g/mol. The van der Waals surface area contributed by atoms with Crippen LogP contribution >= 0.6 is 0 Å². The van der Waals surface area contributed by atoms with Crippen molar-refractivity contribution in [1.82, 2.24) is 0 Å². The van der Waals surface area contributed by atoms with Crippen molar-refractivity contribution in [1.29, 1.82) is 0 Å². The molecule has 1 N–H and O–H groups in total. The SMILES string of the molecule is O=S(=O)(O)c1c(F)c(F)c(OS(=O)(=O)c2c(-c3cc4c5c(cccc5c3)CC=C4)cc(-c3cc4c5c(cccc5c3)CC=C4)cc2-c2ccc3cccc4c3c2C=CC4)c(F)c1F. The second kappa shape index (κ2) is 14.1. The summed E-state index contributed by atoms with van der Waals surface area (Å²) in [7, 11) is -11.4. The van der Waals surface area contributed by atoms with Crippen LogP contribution in [0.2, 0.25) is 0 Å². The minimum absolute atomic E-state index is 0.0414. The Labute approximate surface area is 358 Å². The number of rotatable bonds is 7. The standard InChI is InChI=1S/C51H30F4O6S2/c52-45-47(54)51(62(56,57)58)48(55)46(53)49(45)61-63(59,60)50-40(37-23-33-16-4-9-28-10-5-17-34(24-37)43(28)33)25-36(35-21-31-14-2-7-27-8-3-15-32(22-35)42(27)31)26-41(50)38-20-19-30-12-1-11-29-13-6-18-39(38)44(29)30/h1-7,9,11-12,14-26H,8,10,13H2,(H,56,57,58). The first-order valence-electron chi connectivity index (χ1n) is 19.9. The van der Waals surface area contributed by atoms with Gasteiger partial charge in [-0.3, -0.25) is 4.55 Å². The summed E-state index contributed by atoms with van der Waals surface area (Å²) in [5.41, 5.74) is 7.76. The molecule has 0 atom stereocenters. The Kier molecular flexibility index (Phi) is 8.72. The van der Waals surface area contributed by atoms with E-state index in [0.717, 1.165) is 72.1 Å². The molecule has 0 bridgehead atoms. The van der Waals surface area contributed by atoms with Crippen LogP contribution in [0.15, 0.2) is 131 Å². The molecule has 0 amide bonds. The van der Waals surface area contributed by atoms with Gasteiger partial charge in [-0.05, 0) is 144 Å². The molecule has 0 saturated heterocycles. The fraction of sp³-hybridized carbons (Fsp3) is 0.0588. The van der Waals surface area contributed by atoms with Gasteiger partial charge in [0.1, 0.15) is 4.90 Å². The second-order valence-electron chi connectivity index (χ2n) is 15.9. The Morgan fingerprint density at radius 1 is 0.476 bits per heavy atom. The molecule has 3 aliphatic carbocycles. The maximum Gasteiger partial charge on any atom is 0.340 e. The van der Waals surface area contributed by atoms with Crippen molar-refractivity contribution in [3.8, 4) is 39.1 Å². The van der Waals surface area contributed by atoms with Gasteiger partial charge in [0.15, 0.2) is 16.5 Å². The van der Waals surface area contributed by atoms with Crippen molar-refractivity contribution in [3.63, 3.8) is 0 Å². The molecule has 0 fully saturated rings. The Morgan fingerprint density at radius 3 is 1.59 bits per heavy atom. The van der Waals surface area contributed by atoms with E-state index >= 15 is 26.0 Å². The summed E-state index contributed by atoms with van der Waals surface area (Å²) in [4.78, 5) is -2.91. The van der Waals surface area contributed by atoms with E-state index in [-0.39, 0.29) is 11.1 Å². The molecule has 8 aromatic rings. The van der Waals surface area contributed by atoms with E-state index in [1.807, 2.05) is 109 Å². The number of halogens is 4. The van der Waals surface area contributed by atoms with Crippen LogP contribution in [-0.4, -0.2) is 21.4 Å². The van der Waals surface area contributed by atoms with Crippen LogP contribution in [0.1, 0.15) is 33.4 Å². The summed E-state index contributed by atoms with van der Waals surface area (Å²) in [5.74, 6) is -12.2. The fourth-order valence-electron chi connectivity index (χ4n) is 9.52. The van der Waals surface area contributed by atoms with Crippen molar-refractivity contribution in [3.05, 3.63) is 178 Å². The van der Waals surface area contributed by atoms with E-state index in [1.54, 1.807) is 18.2 Å². The largest absolute Gasteiger partial charge is 0.372 e. The Balaban J connectivity index is 1.26. The Bertz CT molecular complexity index is 3690. The molecule has 0 spiro atoms. The van der Waals surface area contributed by atoms with E-state index in [9.17, 15) is 13.0 Å². The molecule has 11 rings (SSSR count). The minimum Gasteiger partial charge on any atom is -0.372 e. The van der Waals surface area contributed by atoms with Crippen LogP contribution in [0, 0.1) is 23.3 Å². The topological polar surface area (TPSA) is 97.7 Å². The van der Waals surface area contributed by atoms with E-state index < -0.39 is 59.0 Å². The van der Waals surface area contributed by atoms with Gasteiger partial charge in [0, 0.05) is 11.1 Å². The predicted molar refractivity (Wildman–Crippen MR) is 237 cm³/mol. The highest BCUT2D eigenvalue weighted by molar-refractivity contribution is 7.87. The average Bonchev–Trinajstić information content (AvgIpc) is 3.27. The first kappa shape index (κ1) is 39.0. The number of hydrogen-bond acceptors (Lipinski definition) is 5. The fourth-order valence-corrected chi connectivity index (χ4v) is 11.5. The van der Waals surface area contributed by atoms with Crippen molar-refractivity contribution >= 4 is 70.8 Å². The molecule has 310 valence electrons. The quantitative estimate of drug-likeness (QED) is 0.0741. The summed E-state index contributed by atoms with van der Waals surface area (Å²) in [5, 5.41) is 5.53. The third kappa shape index (κ3) is 6.15. The van der Waals surface area contributed by atoms with Crippen molar-refractivity contribution in [2.45, 2.75) is 29.1 Å². The lowest BCUT2D eigenvalue weighted by Crippen LogP contribution is -2.18. The van der Waals surface area contributed by atoms with Gasteiger partial charge in [-0.1, -0.05) is 103 Å². The first-order valence-corrected chi connectivity index (χ1v) is 22.7. The molecule has 0 radical (unpaired) electrons. The van der Waals surface area contributed by atoms with Gasteiger partial charge in [0.25, 0.3) is 0 Å². The normalized spacial score (nSPS) is 14.0. The number of hydrogen-bond donors (Lipinski definition) is 1. The number of benzene rings is 8. The molecule has 8 aromatic carbocycles. The van der Waals surface area contributed by atoms with Crippen LogP contribution in [0.25, 0.3) is 83.9 Å². The van der Waals surface area contributed by atoms with E-state index in [1.165, 1.54) is 0 Å². The molecule has 0 heterocycles. The molecule has 3 aliphatic rings. The summed E-state index contributed by atoms with van der Waals surface area (Å²) < 4.78 is 131. The highest BCUT2D eigenvalue weighted by atomic mass is 32.2. The van der Waals surface area contributed by atoms with Crippen LogP contribution < -0.4 is 4.18 Å². The Morgan fingerprint density at radius 2 is 0.984 bits per heavy atom. The molecule has 0 aliphatic heterocycles. The van der Waals surface area contributed by atoms with E-state index in [4.69, 9.17) is 4.18 Å². The minimum atomic E-state index is -5.85. The predicted octanol–water partition coefficient (Wildman–Crippen LogP) is 12.4. The zero-order chi connectivity index (χ0) is 43.5. The van der Waals surface area contributed by atoms with Crippen LogP contribution in [0.4, 0.5) is 17.6 Å². The van der Waals surface area contributed by atoms with Crippen LogP contribution in [0.3, 0.4) is 0 Å². The highest BCUT2D eigenvalue weighted by Gasteiger charge is 2.37. The highest BCUT2D eigenvalue weighted by Crippen LogP contribution is 2.47. The van der Waals surface area contributed by atoms with E-state index in [2.05, 4.69) is 12.1 Å². The molecule has 0 saturated carbocycles. The van der Waals surface area contributed by atoms with Gasteiger partial charge >= 0.3 is 20.2 Å². The zero-order valence-corrected chi connectivity index (χ0v) is 34.4. The third-order valence-corrected chi connectivity index (χ3v) is 14.4. The van der Waals surface area contributed by atoms with E-state index in [0.29, 0.717) is 35.1 Å². The van der Waals surface area contributed by atoms with Gasteiger partial charge < -0.3 is 4.18 Å². The second-order valence-corrected chi connectivity index (χ2v) is 18.7. The van der Waals surface area contributed by atoms with Crippen molar-refractivity contribution < 1.29 is 43.1 Å². The summed E-state index contributed by atoms with van der Waals surface area (Å²) in [6, 6.07) is 32.2. The smallest absolute Gasteiger partial charge is 0.340 e. The molecule has 6 nitrogen and oxygen atoms in total. The molecule has 0 unspecified atom stereocenters. The monoisotopic (exact) mass is 878 g/mol. The lowest BCUT2D eigenvalue weighted by Gasteiger charge is -2.23. The summed E-state index contributed by atoms with van der Waals surface area (Å²) >= 11 is 0. The first-order chi connectivity index (χ1) is 30.3. The third-order valence-electron chi connectivity index (χ3n) is 12.2. The van der Waals surface area contributed by atoms with Gasteiger partial charge in [-0.15, -0.1) is 0 Å². The van der Waals surface area contributed by atoms with Gasteiger partial charge in [0.05, 0.1) is 0 Å². The van der Waals surface area contributed by atoms with Gasteiger partial charge in [0.2, 0.25) is 17.4 Å². The maximum atomic E-state index is 15.7. The lowest BCUT2D eigenvalue weighted by molar-refractivity contribution is 0.365. The van der Waals surface area contributed by atoms with Crippen molar-refractivity contribution in [2.24, 2.45) is 0 Å². The molecule has 12 heteroatoms. The maximum absolute atomic E-state index is 15.7. The molecular formula is C51H30F4O6S2. The number of allylic oxidation sites excluding steroid dienone is 3. The average molecular weight is 879 g/mol. The van der Waals surface area contributed by atoms with Gasteiger partial charge in [-0.25, -0.2) is 8.78 Å². The summed E-state index contributed by atoms with van der Waals surface area (Å²) in [6.45, 7) is 0. The van der Waals surface area contributed by atoms with Gasteiger partial charge in [-0.2, -0.15) is 25.6 Å². The zero-order valence-electron chi connectivity index (χ0n) is 32.7. The van der Waals surface area contributed by atoms with Crippen LogP contribution in [0.5, 0.6) is 5.75 Å². The Hall–Kier alpha value is -6.86.